The lowest BCUT2D eigenvalue weighted by atomic mass is 9.47. The topological polar surface area (TPSA) is 43.4 Å². The zero-order chi connectivity index (χ0) is 10.6. The molecule has 3 rings (SSSR count). The van der Waals surface area contributed by atoms with Gasteiger partial charge in [-0.3, -0.25) is 4.18 Å². The molecular formula is C10H18O3S. The zero-order valence-electron chi connectivity index (χ0n) is 9.04. The summed E-state index contributed by atoms with van der Waals surface area (Å²) in [6.45, 7) is 4.46. The van der Waals surface area contributed by atoms with Crippen LogP contribution in [0.1, 0.15) is 39.5 Å². The molecule has 3 saturated carbocycles. The van der Waals surface area contributed by atoms with Gasteiger partial charge in [0.15, 0.2) is 0 Å². The molecule has 0 aromatic carbocycles. The first-order valence-electron chi connectivity index (χ1n) is 5.08. The largest absolute Gasteiger partial charge is 0.267 e. The van der Waals surface area contributed by atoms with Crippen LogP contribution in [0.15, 0.2) is 0 Å². The van der Waals surface area contributed by atoms with Gasteiger partial charge in [-0.1, -0.05) is 13.8 Å². The molecule has 0 N–H and O–H groups in total. The van der Waals surface area contributed by atoms with E-state index in [1.54, 1.807) is 0 Å². The van der Waals surface area contributed by atoms with Gasteiger partial charge < -0.3 is 0 Å². The van der Waals surface area contributed by atoms with Crippen molar-refractivity contribution < 1.29 is 12.6 Å². The van der Waals surface area contributed by atoms with Crippen molar-refractivity contribution in [2.75, 3.05) is 6.26 Å². The highest BCUT2D eigenvalue weighted by molar-refractivity contribution is 7.86. The van der Waals surface area contributed by atoms with Gasteiger partial charge in [-0.25, -0.2) is 0 Å². The van der Waals surface area contributed by atoms with E-state index in [4.69, 9.17) is 4.18 Å². The van der Waals surface area contributed by atoms with E-state index in [9.17, 15) is 8.42 Å². The minimum Gasteiger partial charge on any atom is -0.267 e. The van der Waals surface area contributed by atoms with Crippen LogP contribution >= 0.6 is 0 Å². The van der Waals surface area contributed by atoms with Crippen LogP contribution in [-0.4, -0.2) is 20.8 Å². The maximum absolute atomic E-state index is 11.0. The van der Waals surface area contributed by atoms with E-state index < -0.39 is 10.1 Å². The van der Waals surface area contributed by atoms with Gasteiger partial charge in [0.1, 0.15) is 0 Å². The van der Waals surface area contributed by atoms with Crippen molar-refractivity contribution in [1.29, 1.82) is 0 Å². The van der Waals surface area contributed by atoms with Crippen LogP contribution in [0, 0.1) is 10.8 Å². The van der Waals surface area contributed by atoms with Crippen molar-refractivity contribution in [3.63, 3.8) is 0 Å². The minimum absolute atomic E-state index is 0.0810. The Bertz CT molecular complexity index is 322. The predicted octanol–water partition coefficient (Wildman–Crippen LogP) is 1.93. The van der Waals surface area contributed by atoms with Crippen molar-refractivity contribution in [3.05, 3.63) is 0 Å². The molecule has 0 saturated heterocycles. The fourth-order valence-electron chi connectivity index (χ4n) is 3.78. The lowest BCUT2D eigenvalue weighted by Gasteiger charge is -2.60. The summed E-state index contributed by atoms with van der Waals surface area (Å²) in [5, 5.41) is 0. The molecule has 2 bridgehead atoms. The summed E-state index contributed by atoms with van der Waals surface area (Å²) in [5.41, 5.74) is 0.671. The van der Waals surface area contributed by atoms with Crippen molar-refractivity contribution in [2.24, 2.45) is 10.8 Å². The molecular weight excluding hydrogens is 200 g/mol. The Balaban J connectivity index is 2.04. The third kappa shape index (κ3) is 1.96. The van der Waals surface area contributed by atoms with E-state index in [-0.39, 0.29) is 6.10 Å². The van der Waals surface area contributed by atoms with Gasteiger partial charge in [0.2, 0.25) is 0 Å². The van der Waals surface area contributed by atoms with E-state index in [2.05, 4.69) is 13.8 Å². The smallest absolute Gasteiger partial charge is 0.264 e. The van der Waals surface area contributed by atoms with E-state index in [0.29, 0.717) is 10.8 Å². The van der Waals surface area contributed by atoms with Gasteiger partial charge in [-0.15, -0.1) is 0 Å². The SMILES string of the molecule is CC12CC(OS(C)(=O)=O)CC(C)(C1)C2. The Morgan fingerprint density at radius 2 is 1.57 bits per heavy atom. The predicted molar refractivity (Wildman–Crippen MR) is 54.4 cm³/mol. The molecule has 0 amide bonds. The van der Waals surface area contributed by atoms with Crippen LogP contribution in [0.3, 0.4) is 0 Å². The maximum atomic E-state index is 11.0. The Labute approximate surface area is 86.0 Å². The first-order valence-corrected chi connectivity index (χ1v) is 6.90. The molecule has 0 aromatic heterocycles. The average Bonchev–Trinajstić information content (AvgIpc) is 1.73. The molecule has 0 unspecified atom stereocenters. The molecule has 0 aliphatic heterocycles. The summed E-state index contributed by atoms with van der Waals surface area (Å²) in [5.74, 6) is 0. The van der Waals surface area contributed by atoms with Crippen LogP contribution in [0.25, 0.3) is 0 Å². The fourth-order valence-corrected chi connectivity index (χ4v) is 4.41. The molecule has 14 heavy (non-hydrogen) atoms. The normalized spacial score (nSPS) is 47.2. The standard InChI is InChI=1S/C10H18O3S/c1-9-4-8(13-14(3,11)12)5-10(2,6-9)7-9/h8H,4-7H2,1-3H3. The summed E-state index contributed by atoms with van der Waals surface area (Å²) < 4.78 is 27.1. The van der Waals surface area contributed by atoms with Crippen LogP contribution < -0.4 is 0 Å². The average molecular weight is 218 g/mol. The molecule has 0 heterocycles. The summed E-state index contributed by atoms with van der Waals surface area (Å²) >= 11 is 0. The zero-order valence-corrected chi connectivity index (χ0v) is 9.86. The fraction of sp³-hybridized carbons (Fsp3) is 1.00. The van der Waals surface area contributed by atoms with Gasteiger partial charge in [0, 0.05) is 0 Å². The van der Waals surface area contributed by atoms with Crippen molar-refractivity contribution in [1.82, 2.24) is 0 Å². The second kappa shape index (κ2) is 2.73. The summed E-state index contributed by atoms with van der Waals surface area (Å²) in [6, 6.07) is 0. The third-order valence-corrected chi connectivity index (χ3v) is 4.08. The highest BCUT2D eigenvalue weighted by Gasteiger charge is 2.55. The van der Waals surface area contributed by atoms with Crippen LogP contribution in [-0.2, 0) is 14.3 Å². The van der Waals surface area contributed by atoms with Crippen molar-refractivity contribution in [3.8, 4) is 0 Å². The van der Waals surface area contributed by atoms with Gasteiger partial charge in [0.25, 0.3) is 10.1 Å². The summed E-state index contributed by atoms with van der Waals surface area (Å²) in [4.78, 5) is 0. The monoisotopic (exact) mass is 218 g/mol. The van der Waals surface area contributed by atoms with Crippen molar-refractivity contribution in [2.45, 2.75) is 45.6 Å². The number of hydrogen-bond donors (Lipinski definition) is 0. The Hall–Kier alpha value is -0.0900. The second-order valence-electron chi connectivity index (χ2n) is 5.81. The molecule has 4 heteroatoms. The number of rotatable bonds is 2. The number of hydrogen-bond acceptors (Lipinski definition) is 3. The van der Waals surface area contributed by atoms with E-state index in [0.717, 1.165) is 19.1 Å². The van der Waals surface area contributed by atoms with Gasteiger partial charge in [-0.05, 0) is 36.5 Å². The van der Waals surface area contributed by atoms with E-state index in [1.165, 1.54) is 12.8 Å². The third-order valence-electron chi connectivity index (χ3n) is 3.46. The molecule has 3 nitrogen and oxygen atoms in total. The van der Waals surface area contributed by atoms with Gasteiger partial charge >= 0.3 is 0 Å². The molecule has 0 aromatic rings. The van der Waals surface area contributed by atoms with Crippen LogP contribution in [0.2, 0.25) is 0 Å². The molecule has 0 atom stereocenters. The first-order chi connectivity index (χ1) is 6.20. The van der Waals surface area contributed by atoms with Crippen molar-refractivity contribution >= 4 is 10.1 Å². The van der Waals surface area contributed by atoms with Crippen LogP contribution in [0.4, 0.5) is 0 Å². The summed E-state index contributed by atoms with van der Waals surface area (Å²) in [7, 11) is -3.28. The first kappa shape index (κ1) is 10.4. The Morgan fingerprint density at radius 1 is 1.14 bits per heavy atom. The van der Waals surface area contributed by atoms with E-state index >= 15 is 0 Å². The number of fused-ring (bicyclic) bond motifs is 2. The van der Waals surface area contributed by atoms with Crippen LogP contribution in [0.5, 0.6) is 0 Å². The highest BCUT2D eigenvalue weighted by atomic mass is 32.2. The molecule has 3 aliphatic rings. The highest BCUT2D eigenvalue weighted by Crippen LogP contribution is 2.63. The quantitative estimate of drug-likeness (QED) is 0.665. The molecule has 0 radical (unpaired) electrons. The molecule has 0 spiro atoms. The molecule has 3 fully saturated rings. The second-order valence-corrected chi connectivity index (χ2v) is 7.41. The van der Waals surface area contributed by atoms with E-state index in [1.807, 2.05) is 0 Å². The summed E-state index contributed by atoms with van der Waals surface area (Å²) in [6.07, 6.45) is 5.30. The molecule has 82 valence electrons. The maximum Gasteiger partial charge on any atom is 0.264 e. The van der Waals surface area contributed by atoms with Gasteiger partial charge in [-0.2, -0.15) is 8.42 Å². The minimum atomic E-state index is -3.28. The molecule has 3 aliphatic carbocycles. The van der Waals surface area contributed by atoms with Gasteiger partial charge in [0.05, 0.1) is 12.4 Å². The lowest BCUT2D eigenvalue weighted by molar-refractivity contribution is -0.115. The lowest BCUT2D eigenvalue weighted by Crippen LogP contribution is -2.52. The Morgan fingerprint density at radius 3 is 1.93 bits per heavy atom. The Kier molecular flexibility index (Phi) is 2.03.